The van der Waals surface area contributed by atoms with E-state index in [-0.39, 0.29) is 0 Å². The molecule has 1 aromatic carbocycles. The molecule has 0 unspecified atom stereocenters. The van der Waals surface area contributed by atoms with Crippen LogP contribution in [0.4, 0.5) is 5.82 Å². The minimum absolute atomic E-state index is 0.368. The highest BCUT2D eigenvalue weighted by Gasteiger charge is 2.03. The summed E-state index contributed by atoms with van der Waals surface area (Å²) >= 11 is 0. The van der Waals surface area contributed by atoms with E-state index in [0.717, 1.165) is 11.3 Å². The van der Waals surface area contributed by atoms with Gasteiger partial charge in [-0.1, -0.05) is 30.3 Å². The van der Waals surface area contributed by atoms with Gasteiger partial charge in [0.15, 0.2) is 5.82 Å². The zero-order chi connectivity index (χ0) is 10.7. The van der Waals surface area contributed by atoms with Gasteiger partial charge in [-0.3, -0.25) is 0 Å². The van der Waals surface area contributed by atoms with Crippen molar-refractivity contribution >= 4 is 5.82 Å². The number of aromatic nitrogens is 2. The lowest BCUT2D eigenvalue weighted by molar-refractivity contribution is 0.973. The third-order valence-corrected chi connectivity index (χ3v) is 2.04. The number of hydrogen-bond acceptors (Lipinski definition) is 4. The molecule has 2 aromatic rings. The Morgan fingerprint density at radius 3 is 2.47 bits per heavy atom. The summed E-state index contributed by atoms with van der Waals surface area (Å²) < 4.78 is 0. The smallest absolute Gasteiger partial charge is 0.161 e. The number of benzene rings is 1. The van der Waals surface area contributed by atoms with Crippen molar-refractivity contribution in [3.63, 3.8) is 0 Å². The van der Waals surface area contributed by atoms with Crippen molar-refractivity contribution in [1.29, 1.82) is 0 Å². The van der Waals surface area contributed by atoms with Crippen LogP contribution in [0.5, 0.6) is 0 Å². The largest absolute Gasteiger partial charge is 0.384 e. The van der Waals surface area contributed by atoms with E-state index in [4.69, 9.17) is 11.5 Å². The van der Waals surface area contributed by atoms with E-state index < -0.39 is 0 Å². The van der Waals surface area contributed by atoms with Gasteiger partial charge in [0, 0.05) is 18.2 Å². The van der Waals surface area contributed by atoms with Gasteiger partial charge in [0.2, 0.25) is 0 Å². The minimum Gasteiger partial charge on any atom is -0.384 e. The predicted molar refractivity (Wildman–Crippen MR) is 59.8 cm³/mol. The molecule has 1 aromatic heterocycles. The Morgan fingerprint density at radius 2 is 1.80 bits per heavy atom. The van der Waals surface area contributed by atoms with Crippen molar-refractivity contribution in [2.24, 2.45) is 5.73 Å². The molecule has 0 amide bonds. The molecule has 4 N–H and O–H groups in total. The van der Waals surface area contributed by atoms with Gasteiger partial charge >= 0.3 is 0 Å². The summed E-state index contributed by atoms with van der Waals surface area (Å²) in [7, 11) is 0. The lowest BCUT2D eigenvalue weighted by Gasteiger charge is -2.03. The van der Waals surface area contributed by atoms with Gasteiger partial charge in [0.1, 0.15) is 5.82 Å². The molecule has 4 heteroatoms. The van der Waals surface area contributed by atoms with Crippen molar-refractivity contribution < 1.29 is 0 Å². The van der Waals surface area contributed by atoms with Crippen LogP contribution in [0.15, 0.2) is 36.4 Å². The van der Waals surface area contributed by atoms with E-state index in [1.807, 2.05) is 30.3 Å². The molecule has 0 radical (unpaired) electrons. The summed E-state index contributed by atoms with van der Waals surface area (Å²) in [5, 5.41) is 0. The number of rotatable bonds is 2. The summed E-state index contributed by atoms with van der Waals surface area (Å²) in [5.41, 5.74) is 12.9. The van der Waals surface area contributed by atoms with E-state index in [1.54, 1.807) is 6.07 Å². The maximum atomic E-state index is 5.67. The Labute approximate surface area is 88.0 Å². The molecule has 0 fully saturated rings. The molecule has 0 saturated heterocycles. The van der Waals surface area contributed by atoms with Crippen LogP contribution in [0.3, 0.4) is 0 Å². The first-order valence-corrected chi connectivity index (χ1v) is 4.68. The zero-order valence-corrected chi connectivity index (χ0v) is 8.22. The van der Waals surface area contributed by atoms with Crippen LogP contribution >= 0.6 is 0 Å². The monoisotopic (exact) mass is 200 g/mol. The van der Waals surface area contributed by atoms with E-state index in [1.165, 1.54) is 0 Å². The zero-order valence-electron chi connectivity index (χ0n) is 8.22. The highest BCUT2D eigenvalue weighted by atomic mass is 15.0. The minimum atomic E-state index is 0.368. The third kappa shape index (κ3) is 2.11. The molecule has 0 atom stereocenters. The fraction of sp³-hybridized carbons (Fsp3) is 0.0909. The Bertz CT molecular complexity index is 453. The second kappa shape index (κ2) is 4.06. The lowest BCUT2D eigenvalue weighted by atomic mass is 10.2. The molecule has 0 saturated carbocycles. The fourth-order valence-corrected chi connectivity index (χ4v) is 1.34. The van der Waals surface area contributed by atoms with Gasteiger partial charge in [0.25, 0.3) is 0 Å². The summed E-state index contributed by atoms with van der Waals surface area (Å²) in [5.74, 6) is 1.07. The first-order valence-electron chi connectivity index (χ1n) is 4.68. The maximum Gasteiger partial charge on any atom is 0.161 e. The summed E-state index contributed by atoms with van der Waals surface area (Å²) in [6, 6.07) is 11.4. The molecule has 0 spiro atoms. The fourth-order valence-electron chi connectivity index (χ4n) is 1.34. The second-order valence-electron chi connectivity index (χ2n) is 3.18. The van der Waals surface area contributed by atoms with Crippen LogP contribution in [-0.4, -0.2) is 9.97 Å². The molecule has 15 heavy (non-hydrogen) atoms. The molecule has 0 aliphatic rings. The quantitative estimate of drug-likeness (QED) is 0.763. The second-order valence-corrected chi connectivity index (χ2v) is 3.18. The lowest BCUT2D eigenvalue weighted by Crippen LogP contribution is -2.04. The molecular formula is C11H12N4. The van der Waals surface area contributed by atoms with Crippen molar-refractivity contribution in [3.05, 3.63) is 42.1 Å². The van der Waals surface area contributed by atoms with Crippen LogP contribution < -0.4 is 11.5 Å². The number of anilines is 1. The molecule has 4 nitrogen and oxygen atoms in total. The summed E-state index contributed by atoms with van der Waals surface area (Å²) in [6.07, 6.45) is 0. The predicted octanol–water partition coefficient (Wildman–Crippen LogP) is 1.18. The Hall–Kier alpha value is -1.94. The molecular weight excluding hydrogens is 188 g/mol. The van der Waals surface area contributed by atoms with Gasteiger partial charge in [-0.05, 0) is 0 Å². The Kier molecular flexibility index (Phi) is 2.60. The first-order chi connectivity index (χ1) is 7.29. The third-order valence-electron chi connectivity index (χ3n) is 2.04. The molecule has 76 valence electrons. The van der Waals surface area contributed by atoms with Crippen LogP contribution in [0.1, 0.15) is 5.69 Å². The Morgan fingerprint density at radius 1 is 1.07 bits per heavy atom. The SMILES string of the molecule is NCc1cc(N)nc(-c2ccccc2)n1. The van der Waals surface area contributed by atoms with Crippen LogP contribution in [-0.2, 0) is 6.54 Å². The van der Waals surface area contributed by atoms with Gasteiger partial charge < -0.3 is 11.5 Å². The summed E-state index contributed by atoms with van der Waals surface area (Å²) in [4.78, 5) is 8.47. The number of hydrogen-bond donors (Lipinski definition) is 2. The number of nitrogens with zero attached hydrogens (tertiary/aromatic N) is 2. The number of nitrogens with two attached hydrogens (primary N) is 2. The van der Waals surface area contributed by atoms with Crippen LogP contribution in [0.25, 0.3) is 11.4 Å². The van der Waals surface area contributed by atoms with Crippen LogP contribution in [0.2, 0.25) is 0 Å². The van der Waals surface area contributed by atoms with Crippen molar-refractivity contribution in [1.82, 2.24) is 9.97 Å². The molecule has 0 aliphatic carbocycles. The topological polar surface area (TPSA) is 77.8 Å². The van der Waals surface area contributed by atoms with Gasteiger partial charge in [-0.15, -0.1) is 0 Å². The average molecular weight is 200 g/mol. The van der Waals surface area contributed by atoms with Crippen LogP contribution in [0, 0.1) is 0 Å². The van der Waals surface area contributed by atoms with Crippen molar-refractivity contribution in [2.75, 3.05) is 5.73 Å². The molecule has 0 aliphatic heterocycles. The highest BCUT2D eigenvalue weighted by molar-refractivity contribution is 5.56. The first kappa shape index (κ1) is 9.61. The normalized spacial score (nSPS) is 10.2. The van der Waals surface area contributed by atoms with Gasteiger partial charge in [-0.2, -0.15) is 0 Å². The Balaban J connectivity index is 2.49. The number of nitrogen functional groups attached to an aromatic ring is 1. The average Bonchev–Trinajstić information content (AvgIpc) is 2.29. The standard InChI is InChI=1S/C11H12N4/c12-7-9-6-10(13)15-11(14-9)8-4-2-1-3-5-8/h1-6H,7,12H2,(H2,13,14,15). The van der Waals surface area contributed by atoms with Crippen molar-refractivity contribution in [3.8, 4) is 11.4 Å². The van der Waals surface area contributed by atoms with E-state index in [9.17, 15) is 0 Å². The summed E-state index contributed by atoms with van der Waals surface area (Å²) in [6.45, 7) is 0.368. The van der Waals surface area contributed by atoms with Gasteiger partial charge in [-0.25, -0.2) is 9.97 Å². The molecule has 0 bridgehead atoms. The van der Waals surface area contributed by atoms with E-state index >= 15 is 0 Å². The van der Waals surface area contributed by atoms with E-state index in [0.29, 0.717) is 18.2 Å². The van der Waals surface area contributed by atoms with E-state index in [2.05, 4.69) is 9.97 Å². The molecule has 1 heterocycles. The van der Waals surface area contributed by atoms with Crippen molar-refractivity contribution in [2.45, 2.75) is 6.54 Å². The molecule has 2 rings (SSSR count). The maximum absolute atomic E-state index is 5.67. The van der Waals surface area contributed by atoms with Gasteiger partial charge in [0.05, 0.1) is 5.69 Å². The highest BCUT2D eigenvalue weighted by Crippen LogP contribution is 2.15.